The van der Waals surface area contributed by atoms with Gasteiger partial charge in [-0.3, -0.25) is 4.79 Å². The van der Waals surface area contributed by atoms with Crippen LogP contribution >= 0.6 is 11.3 Å². The number of rotatable bonds is 5. The Morgan fingerprint density at radius 2 is 2.31 bits per heavy atom. The first-order chi connectivity index (χ1) is 7.52. The van der Waals surface area contributed by atoms with Crippen molar-refractivity contribution in [3.05, 3.63) is 11.1 Å². The number of nitrogens with two attached hydrogens (primary N) is 1. The van der Waals surface area contributed by atoms with Crippen molar-refractivity contribution in [2.75, 3.05) is 5.32 Å². The van der Waals surface area contributed by atoms with Crippen LogP contribution in [0.4, 0.5) is 5.13 Å². The summed E-state index contributed by atoms with van der Waals surface area (Å²) >= 11 is 1.46. The molecular weight excluding hydrogens is 222 g/mol. The Morgan fingerprint density at radius 3 is 2.81 bits per heavy atom. The van der Waals surface area contributed by atoms with E-state index < -0.39 is 0 Å². The van der Waals surface area contributed by atoms with Crippen LogP contribution in [0.5, 0.6) is 0 Å². The first-order valence-corrected chi connectivity index (χ1v) is 6.41. The molecule has 0 aliphatic rings. The van der Waals surface area contributed by atoms with Gasteiger partial charge in [-0.1, -0.05) is 20.8 Å². The van der Waals surface area contributed by atoms with E-state index in [1.165, 1.54) is 11.3 Å². The second-order valence-corrected chi connectivity index (χ2v) is 5.01. The van der Waals surface area contributed by atoms with E-state index in [1.54, 1.807) is 0 Å². The Hall–Kier alpha value is -0.940. The standard InChI is InChI=1S/C11H19N3OS/c1-4-8(12)5-10(15)14-11-13-9(6-16-11)7(2)3/h6-8H,4-5,12H2,1-3H3,(H,13,14,15). The van der Waals surface area contributed by atoms with Gasteiger partial charge < -0.3 is 11.1 Å². The number of thiazole rings is 1. The van der Waals surface area contributed by atoms with Gasteiger partial charge in [-0.25, -0.2) is 4.98 Å². The van der Waals surface area contributed by atoms with Crippen molar-refractivity contribution >= 4 is 22.4 Å². The van der Waals surface area contributed by atoms with Crippen LogP contribution in [-0.4, -0.2) is 16.9 Å². The highest BCUT2D eigenvalue weighted by Gasteiger charge is 2.11. The maximum Gasteiger partial charge on any atom is 0.227 e. The van der Waals surface area contributed by atoms with Gasteiger partial charge in [-0.2, -0.15) is 0 Å². The molecule has 0 saturated carbocycles. The second-order valence-electron chi connectivity index (χ2n) is 4.15. The minimum absolute atomic E-state index is 0.0565. The fourth-order valence-corrected chi connectivity index (χ4v) is 2.05. The molecule has 1 heterocycles. The van der Waals surface area contributed by atoms with Gasteiger partial charge in [-0.15, -0.1) is 11.3 Å². The number of hydrogen-bond donors (Lipinski definition) is 2. The van der Waals surface area contributed by atoms with Crippen molar-refractivity contribution in [3.63, 3.8) is 0 Å². The van der Waals surface area contributed by atoms with Crippen LogP contribution in [0.25, 0.3) is 0 Å². The van der Waals surface area contributed by atoms with Gasteiger partial charge in [0.05, 0.1) is 5.69 Å². The zero-order valence-corrected chi connectivity index (χ0v) is 10.8. The second kappa shape index (κ2) is 5.96. The summed E-state index contributed by atoms with van der Waals surface area (Å²) in [5.41, 5.74) is 6.72. The highest BCUT2D eigenvalue weighted by Crippen LogP contribution is 2.21. The number of amides is 1. The van der Waals surface area contributed by atoms with E-state index in [2.05, 4.69) is 24.1 Å². The Balaban J connectivity index is 2.50. The van der Waals surface area contributed by atoms with Crippen LogP contribution in [0.15, 0.2) is 5.38 Å². The topological polar surface area (TPSA) is 68.0 Å². The average molecular weight is 241 g/mol. The molecule has 0 spiro atoms. The zero-order valence-electron chi connectivity index (χ0n) is 9.99. The fraction of sp³-hybridized carbons (Fsp3) is 0.636. The summed E-state index contributed by atoms with van der Waals surface area (Å²) < 4.78 is 0. The van der Waals surface area contributed by atoms with Gasteiger partial charge in [0.2, 0.25) is 5.91 Å². The van der Waals surface area contributed by atoms with Gasteiger partial charge in [0.25, 0.3) is 0 Å². The third-order valence-electron chi connectivity index (χ3n) is 2.33. The first kappa shape index (κ1) is 13.1. The van der Waals surface area contributed by atoms with E-state index in [9.17, 15) is 4.79 Å². The van der Waals surface area contributed by atoms with Gasteiger partial charge >= 0.3 is 0 Å². The van der Waals surface area contributed by atoms with Crippen molar-refractivity contribution in [1.82, 2.24) is 4.98 Å². The lowest BCUT2D eigenvalue weighted by molar-refractivity contribution is -0.116. The Morgan fingerprint density at radius 1 is 1.62 bits per heavy atom. The van der Waals surface area contributed by atoms with E-state index in [-0.39, 0.29) is 11.9 Å². The average Bonchev–Trinajstić information content (AvgIpc) is 2.65. The minimum atomic E-state index is -0.0652. The summed E-state index contributed by atoms with van der Waals surface area (Å²) in [5.74, 6) is 0.332. The molecule has 0 saturated heterocycles. The number of carbonyl (C=O) groups is 1. The molecule has 1 unspecified atom stereocenters. The summed E-state index contributed by atoms with van der Waals surface area (Å²) in [6.45, 7) is 6.12. The minimum Gasteiger partial charge on any atom is -0.327 e. The van der Waals surface area contributed by atoms with Crippen LogP contribution in [-0.2, 0) is 4.79 Å². The Bertz CT molecular complexity index is 349. The van der Waals surface area contributed by atoms with Crippen LogP contribution < -0.4 is 11.1 Å². The van der Waals surface area contributed by atoms with Gasteiger partial charge in [-0.05, 0) is 12.3 Å². The normalized spacial score (nSPS) is 12.8. The monoisotopic (exact) mass is 241 g/mol. The smallest absolute Gasteiger partial charge is 0.227 e. The number of nitrogens with zero attached hydrogens (tertiary/aromatic N) is 1. The predicted molar refractivity (Wildman–Crippen MR) is 67.7 cm³/mol. The molecule has 16 heavy (non-hydrogen) atoms. The molecule has 4 nitrogen and oxygen atoms in total. The van der Waals surface area contributed by atoms with Gasteiger partial charge in [0, 0.05) is 17.8 Å². The summed E-state index contributed by atoms with van der Waals surface area (Å²) in [6.07, 6.45) is 1.16. The molecule has 5 heteroatoms. The zero-order chi connectivity index (χ0) is 12.1. The fourth-order valence-electron chi connectivity index (χ4n) is 1.16. The summed E-state index contributed by atoms with van der Waals surface area (Å²) in [6, 6.07) is -0.0652. The van der Waals surface area contributed by atoms with E-state index in [0.717, 1.165) is 12.1 Å². The lowest BCUT2D eigenvalue weighted by Crippen LogP contribution is -2.26. The van der Waals surface area contributed by atoms with Gasteiger partial charge in [0.15, 0.2) is 5.13 Å². The molecule has 0 bridgehead atoms. The van der Waals surface area contributed by atoms with Crippen LogP contribution in [0.2, 0.25) is 0 Å². The quantitative estimate of drug-likeness (QED) is 0.831. The molecular formula is C11H19N3OS. The molecule has 1 aromatic rings. The summed E-state index contributed by atoms with van der Waals surface area (Å²) in [5, 5.41) is 5.41. The maximum atomic E-state index is 11.5. The summed E-state index contributed by atoms with van der Waals surface area (Å²) in [4.78, 5) is 15.9. The largest absolute Gasteiger partial charge is 0.327 e. The van der Waals surface area contributed by atoms with E-state index in [1.807, 2.05) is 12.3 Å². The van der Waals surface area contributed by atoms with Crippen molar-refractivity contribution in [1.29, 1.82) is 0 Å². The lowest BCUT2D eigenvalue weighted by Gasteiger charge is -2.07. The Labute approximate surface area is 100 Å². The lowest BCUT2D eigenvalue weighted by atomic mass is 10.1. The highest BCUT2D eigenvalue weighted by atomic mass is 32.1. The SMILES string of the molecule is CCC(N)CC(=O)Nc1nc(C(C)C)cs1. The van der Waals surface area contributed by atoms with Crippen LogP contribution in [0, 0.1) is 0 Å². The molecule has 1 atom stereocenters. The predicted octanol–water partition coefficient (Wildman–Crippen LogP) is 2.33. The number of nitrogens with one attached hydrogen (secondary N) is 1. The molecule has 1 rings (SSSR count). The molecule has 0 fully saturated rings. The molecule has 0 aliphatic heterocycles. The third kappa shape index (κ3) is 3.90. The van der Waals surface area contributed by atoms with E-state index in [0.29, 0.717) is 17.5 Å². The molecule has 0 radical (unpaired) electrons. The molecule has 1 amide bonds. The number of anilines is 1. The van der Waals surface area contributed by atoms with Gasteiger partial charge in [0.1, 0.15) is 0 Å². The number of carbonyl (C=O) groups excluding carboxylic acids is 1. The highest BCUT2D eigenvalue weighted by molar-refractivity contribution is 7.13. The number of aromatic nitrogens is 1. The van der Waals surface area contributed by atoms with Crippen molar-refractivity contribution in [3.8, 4) is 0 Å². The number of hydrogen-bond acceptors (Lipinski definition) is 4. The third-order valence-corrected chi connectivity index (χ3v) is 3.11. The van der Waals surface area contributed by atoms with Crippen LogP contribution in [0.3, 0.4) is 0 Å². The Kier molecular flexibility index (Phi) is 4.89. The molecule has 0 aromatic carbocycles. The molecule has 0 aliphatic carbocycles. The van der Waals surface area contributed by atoms with E-state index in [4.69, 9.17) is 5.73 Å². The van der Waals surface area contributed by atoms with E-state index >= 15 is 0 Å². The van der Waals surface area contributed by atoms with Crippen molar-refractivity contribution in [2.45, 2.75) is 45.6 Å². The maximum absolute atomic E-state index is 11.5. The molecule has 3 N–H and O–H groups in total. The van der Waals surface area contributed by atoms with Crippen LogP contribution in [0.1, 0.15) is 45.2 Å². The molecule has 1 aromatic heterocycles. The summed E-state index contributed by atoms with van der Waals surface area (Å²) in [7, 11) is 0. The van der Waals surface area contributed by atoms with Crippen molar-refractivity contribution < 1.29 is 4.79 Å². The van der Waals surface area contributed by atoms with Crippen molar-refractivity contribution in [2.24, 2.45) is 5.73 Å². The first-order valence-electron chi connectivity index (χ1n) is 5.53. The molecule has 90 valence electrons.